The van der Waals surface area contributed by atoms with Gasteiger partial charge in [-0.1, -0.05) is 15.9 Å². The van der Waals surface area contributed by atoms with E-state index in [2.05, 4.69) is 26.5 Å². The van der Waals surface area contributed by atoms with Crippen molar-refractivity contribution in [1.82, 2.24) is 5.43 Å². The lowest BCUT2D eigenvalue weighted by Crippen LogP contribution is -2.25. The van der Waals surface area contributed by atoms with Crippen molar-refractivity contribution in [2.75, 3.05) is 11.9 Å². The molecule has 0 saturated carbocycles. The molecule has 17 heavy (non-hydrogen) atoms. The molecule has 0 aromatic heterocycles. The predicted molar refractivity (Wildman–Crippen MR) is 69.6 cm³/mol. The summed E-state index contributed by atoms with van der Waals surface area (Å²) in [6.07, 6.45) is 1.19. The number of halogens is 1. The van der Waals surface area contributed by atoms with Gasteiger partial charge in [0.1, 0.15) is 5.75 Å². The predicted octanol–water partition coefficient (Wildman–Crippen LogP) is 2.07. The third kappa shape index (κ3) is 3.30. The minimum absolute atomic E-state index is 0.0222. The van der Waals surface area contributed by atoms with E-state index in [0.717, 1.165) is 22.4 Å². The van der Waals surface area contributed by atoms with Gasteiger partial charge in [-0.05, 0) is 29.8 Å². The molecule has 0 unspecified atom stereocenters. The van der Waals surface area contributed by atoms with Crippen LogP contribution in [0, 0.1) is 0 Å². The summed E-state index contributed by atoms with van der Waals surface area (Å²) in [5, 5.41) is 4.85. The number of alkyl halides is 1. The minimum atomic E-state index is -0.0222. The van der Waals surface area contributed by atoms with Crippen molar-refractivity contribution >= 4 is 27.5 Å². The summed E-state index contributed by atoms with van der Waals surface area (Å²) in [5.41, 5.74) is 4.43. The van der Waals surface area contributed by atoms with Crippen LogP contribution in [0.5, 0.6) is 5.75 Å². The molecule has 0 radical (unpaired) electrons. The molecule has 1 N–H and O–H groups in total. The van der Waals surface area contributed by atoms with Crippen LogP contribution in [0.1, 0.15) is 18.4 Å². The summed E-state index contributed by atoms with van der Waals surface area (Å²) in [5.74, 6) is 0.819. The van der Waals surface area contributed by atoms with Crippen LogP contribution in [0.15, 0.2) is 29.4 Å². The van der Waals surface area contributed by atoms with Gasteiger partial charge in [-0.15, -0.1) is 0 Å². The highest BCUT2D eigenvalue weighted by atomic mass is 79.9. The molecule has 1 aliphatic heterocycles. The van der Waals surface area contributed by atoms with E-state index in [1.165, 1.54) is 0 Å². The fraction of sp³-hybridized carbons (Fsp3) is 0.333. The van der Waals surface area contributed by atoms with Crippen molar-refractivity contribution in [2.45, 2.75) is 12.8 Å². The quantitative estimate of drug-likeness (QED) is 0.865. The Morgan fingerprint density at radius 3 is 2.65 bits per heavy atom. The maximum atomic E-state index is 11.0. The second-order valence-electron chi connectivity index (χ2n) is 3.66. The molecule has 1 heterocycles. The fourth-order valence-corrected chi connectivity index (χ4v) is 1.74. The van der Waals surface area contributed by atoms with Gasteiger partial charge in [0.15, 0.2) is 0 Å². The summed E-state index contributed by atoms with van der Waals surface area (Å²) < 4.78 is 5.46. The lowest BCUT2D eigenvalue weighted by atomic mass is 10.0. The van der Waals surface area contributed by atoms with Crippen LogP contribution < -0.4 is 10.2 Å². The Morgan fingerprint density at radius 2 is 2.06 bits per heavy atom. The molecular formula is C12H13BrN2O2. The summed E-state index contributed by atoms with van der Waals surface area (Å²) in [7, 11) is 0. The SMILES string of the molecule is O=C1CCC(c2ccc(OCCBr)cc2)=NN1. The van der Waals surface area contributed by atoms with Crippen molar-refractivity contribution in [3.8, 4) is 5.75 Å². The van der Waals surface area contributed by atoms with Crippen LogP contribution in [-0.2, 0) is 4.79 Å². The zero-order valence-electron chi connectivity index (χ0n) is 9.28. The first kappa shape index (κ1) is 12.1. The second kappa shape index (κ2) is 5.82. The molecular weight excluding hydrogens is 284 g/mol. The first-order valence-electron chi connectivity index (χ1n) is 5.44. The van der Waals surface area contributed by atoms with Gasteiger partial charge in [0.25, 0.3) is 0 Å². The van der Waals surface area contributed by atoms with Gasteiger partial charge in [0, 0.05) is 18.2 Å². The third-order valence-corrected chi connectivity index (χ3v) is 2.76. The van der Waals surface area contributed by atoms with Crippen molar-refractivity contribution in [3.05, 3.63) is 29.8 Å². The van der Waals surface area contributed by atoms with E-state index in [4.69, 9.17) is 4.74 Å². The van der Waals surface area contributed by atoms with Crippen molar-refractivity contribution in [3.63, 3.8) is 0 Å². The average molecular weight is 297 g/mol. The largest absolute Gasteiger partial charge is 0.493 e. The van der Waals surface area contributed by atoms with E-state index < -0.39 is 0 Å². The molecule has 1 aromatic carbocycles. The smallest absolute Gasteiger partial charge is 0.240 e. The van der Waals surface area contributed by atoms with Crippen LogP contribution in [0.2, 0.25) is 0 Å². The zero-order chi connectivity index (χ0) is 12.1. The first-order valence-corrected chi connectivity index (χ1v) is 6.56. The fourth-order valence-electron chi connectivity index (χ4n) is 1.58. The number of carbonyl (C=O) groups excluding carboxylic acids is 1. The molecule has 1 aromatic rings. The Balaban J connectivity index is 2.05. The molecule has 0 saturated heterocycles. The van der Waals surface area contributed by atoms with E-state index >= 15 is 0 Å². The number of nitrogens with one attached hydrogen (secondary N) is 1. The minimum Gasteiger partial charge on any atom is -0.493 e. The lowest BCUT2D eigenvalue weighted by Gasteiger charge is -2.12. The molecule has 4 nitrogen and oxygen atoms in total. The highest BCUT2D eigenvalue weighted by Crippen LogP contribution is 2.15. The van der Waals surface area contributed by atoms with Gasteiger partial charge in [0.05, 0.1) is 12.3 Å². The molecule has 0 spiro atoms. The average Bonchev–Trinajstić information content (AvgIpc) is 2.38. The number of hydrogen-bond acceptors (Lipinski definition) is 3. The summed E-state index contributed by atoms with van der Waals surface area (Å²) in [6.45, 7) is 0.649. The highest BCUT2D eigenvalue weighted by Gasteiger charge is 2.12. The summed E-state index contributed by atoms with van der Waals surface area (Å²) in [6, 6.07) is 7.74. The Bertz CT molecular complexity index is 429. The first-order chi connectivity index (χ1) is 8.29. The van der Waals surface area contributed by atoms with Gasteiger partial charge in [0.2, 0.25) is 5.91 Å². The number of amides is 1. The van der Waals surface area contributed by atoms with E-state index in [-0.39, 0.29) is 5.91 Å². The number of hydrogen-bond donors (Lipinski definition) is 1. The molecule has 0 fully saturated rings. The number of nitrogens with zero attached hydrogens (tertiary/aromatic N) is 1. The molecule has 0 aliphatic carbocycles. The van der Waals surface area contributed by atoms with Crippen LogP contribution >= 0.6 is 15.9 Å². The van der Waals surface area contributed by atoms with Crippen LogP contribution in [-0.4, -0.2) is 23.6 Å². The normalized spacial score (nSPS) is 15.1. The van der Waals surface area contributed by atoms with Gasteiger partial charge < -0.3 is 4.74 Å². The van der Waals surface area contributed by atoms with Crippen molar-refractivity contribution in [2.24, 2.45) is 5.10 Å². The molecule has 0 atom stereocenters. The standard InChI is InChI=1S/C12H13BrN2O2/c13-7-8-17-10-3-1-9(2-4-10)11-5-6-12(16)15-14-11/h1-4H,5-8H2,(H,15,16). The maximum Gasteiger partial charge on any atom is 0.240 e. The number of hydrazone groups is 1. The van der Waals surface area contributed by atoms with Gasteiger partial charge in [-0.2, -0.15) is 5.10 Å². The second-order valence-corrected chi connectivity index (χ2v) is 4.45. The number of carbonyl (C=O) groups is 1. The van der Waals surface area contributed by atoms with Gasteiger partial charge in [-0.25, -0.2) is 5.43 Å². The molecule has 0 bridgehead atoms. The molecule has 5 heteroatoms. The lowest BCUT2D eigenvalue weighted by molar-refractivity contribution is -0.121. The Labute approximate surface area is 108 Å². The molecule has 1 amide bonds. The number of rotatable bonds is 4. The number of ether oxygens (including phenoxy) is 1. The highest BCUT2D eigenvalue weighted by molar-refractivity contribution is 9.09. The molecule has 1 aliphatic rings. The maximum absolute atomic E-state index is 11.0. The number of benzene rings is 1. The van der Waals surface area contributed by atoms with Crippen LogP contribution in [0.25, 0.3) is 0 Å². The zero-order valence-corrected chi connectivity index (χ0v) is 10.9. The Hall–Kier alpha value is -1.36. The monoisotopic (exact) mass is 296 g/mol. The van der Waals surface area contributed by atoms with Crippen molar-refractivity contribution in [1.29, 1.82) is 0 Å². The molecule has 2 rings (SSSR count). The van der Waals surface area contributed by atoms with E-state index in [1.807, 2.05) is 24.3 Å². The van der Waals surface area contributed by atoms with E-state index in [9.17, 15) is 4.79 Å². The van der Waals surface area contributed by atoms with Gasteiger partial charge in [-0.3, -0.25) is 4.79 Å². The molecule has 90 valence electrons. The Morgan fingerprint density at radius 1 is 1.29 bits per heavy atom. The van der Waals surface area contributed by atoms with Crippen LogP contribution in [0.4, 0.5) is 0 Å². The third-order valence-electron chi connectivity index (χ3n) is 2.44. The van der Waals surface area contributed by atoms with Crippen molar-refractivity contribution < 1.29 is 9.53 Å². The topological polar surface area (TPSA) is 50.7 Å². The Kier molecular flexibility index (Phi) is 4.14. The van der Waals surface area contributed by atoms with E-state index in [1.54, 1.807) is 0 Å². The summed E-state index contributed by atoms with van der Waals surface area (Å²) >= 11 is 3.31. The van der Waals surface area contributed by atoms with Gasteiger partial charge >= 0.3 is 0 Å². The van der Waals surface area contributed by atoms with E-state index in [0.29, 0.717) is 19.4 Å². The summed E-state index contributed by atoms with van der Waals surface area (Å²) in [4.78, 5) is 11.0. The van der Waals surface area contributed by atoms with Crippen LogP contribution in [0.3, 0.4) is 0 Å².